The van der Waals surface area contributed by atoms with Gasteiger partial charge in [0.25, 0.3) is 0 Å². The molecule has 1 aliphatic heterocycles. The first kappa shape index (κ1) is 23.6. The van der Waals surface area contributed by atoms with Crippen LogP contribution in [0.3, 0.4) is 0 Å². The van der Waals surface area contributed by atoms with E-state index in [4.69, 9.17) is 9.73 Å². The molecule has 2 rings (SSSR count). The average Bonchev–Trinajstić information content (AvgIpc) is 2.92. The van der Waals surface area contributed by atoms with Crippen LogP contribution >= 0.6 is 35.3 Å². The molecule has 2 heterocycles. The molecule has 150 valence electrons. The zero-order chi connectivity index (χ0) is 18.1. The second-order valence-electron chi connectivity index (χ2n) is 6.54. The van der Waals surface area contributed by atoms with Gasteiger partial charge in [-0.3, -0.25) is 0 Å². The molecule has 2 N–H and O–H groups in total. The smallest absolute Gasteiger partial charge is 0.191 e. The van der Waals surface area contributed by atoms with Crippen molar-refractivity contribution in [3.8, 4) is 0 Å². The summed E-state index contributed by atoms with van der Waals surface area (Å²) in [5.74, 6) is 0.922. The van der Waals surface area contributed by atoms with Gasteiger partial charge < -0.3 is 20.3 Å². The lowest BCUT2D eigenvalue weighted by atomic mass is 10.1. The summed E-state index contributed by atoms with van der Waals surface area (Å²) in [5, 5.41) is 8.10. The fraction of sp³-hybridized carbons (Fsp3) is 0.778. The molecular formula is C18H34IN5OS. The summed E-state index contributed by atoms with van der Waals surface area (Å²) in [7, 11) is 1.77. The van der Waals surface area contributed by atoms with Crippen LogP contribution in [0.15, 0.2) is 4.99 Å². The molecule has 26 heavy (non-hydrogen) atoms. The largest absolute Gasteiger partial charge is 0.385 e. The summed E-state index contributed by atoms with van der Waals surface area (Å²) < 4.78 is 5.14. The number of likely N-dealkylation sites (tertiary alicyclic amines) is 1. The van der Waals surface area contributed by atoms with Crippen molar-refractivity contribution in [2.24, 2.45) is 4.99 Å². The first-order chi connectivity index (χ1) is 12.1. The lowest BCUT2D eigenvalue weighted by Gasteiger charge is -2.33. The number of ether oxygens (including phenoxy) is 1. The summed E-state index contributed by atoms with van der Waals surface area (Å²) >= 11 is 1.74. The van der Waals surface area contributed by atoms with Gasteiger partial charge in [-0.15, -0.1) is 35.3 Å². The molecule has 8 heteroatoms. The van der Waals surface area contributed by atoms with Crippen LogP contribution < -0.4 is 10.6 Å². The molecule has 0 aromatic carbocycles. The van der Waals surface area contributed by atoms with Gasteiger partial charge in [-0.25, -0.2) is 9.98 Å². The van der Waals surface area contributed by atoms with E-state index >= 15 is 0 Å². The molecule has 1 fully saturated rings. The van der Waals surface area contributed by atoms with Gasteiger partial charge in [0.2, 0.25) is 0 Å². The Balaban J connectivity index is 0.00000338. The van der Waals surface area contributed by atoms with E-state index in [0.29, 0.717) is 12.6 Å². The minimum absolute atomic E-state index is 0. The van der Waals surface area contributed by atoms with Crippen LogP contribution in [-0.2, 0) is 11.3 Å². The number of thiazole rings is 1. The molecule has 1 saturated heterocycles. The van der Waals surface area contributed by atoms with Crippen molar-refractivity contribution in [3.63, 3.8) is 0 Å². The second kappa shape index (κ2) is 12.9. The summed E-state index contributed by atoms with van der Waals surface area (Å²) in [6.45, 7) is 12.1. The van der Waals surface area contributed by atoms with Gasteiger partial charge in [0.15, 0.2) is 5.96 Å². The Kier molecular flexibility index (Phi) is 11.7. The van der Waals surface area contributed by atoms with Gasteiger partial charge in [-0.05, 0) is 40.0 Å². The minimum Gasteiger partial charge on any atom is -0.385 e. The highest BCUT2D eigenvalue weighted by atomic mass is 127. The third-order valence-electron chi connectivity index (χ3n) is 4.48. The minimum atomic E-state index is 0. The zero-order valence-corrected chi connectivity index (χ0v) is 19.7. The maximum Gasteiger partial charge on any atom is 0.191 e. The Labute approximate surface area is 179 Å². The van der Waals surface area contributed by atoms with Crippen LogP contribution in [0.1, 0.15) is 41.8 Å². The molecule has 0 atom stereocenters. The number of hydrogen-bond donors (Lipinski definition) is 2. The van der Waals surface area contributed by atoms with E-state index in [1.165, 1.54) is 4.88 Å². The summed E-state index contributed by atoms with van der Waals surface area (Å²) in [6.07, 6.45) is 3.44. The highest BCUT2D eigenvalue weighted by Crippen LogP contribution is 2.18. The Morgan fingerprint density at radius 3 is 2.65 bits per heavy atom. The normalized spacial score (nSPS) is 16.4. The molecule has 1 aliphatic rings. The Hall–Kier alpha value is -0.450. The number of aryl methyl sites for hydroxylation is 2. The van der Waals surface area contributed by atoms with E-state index in [2.05, 4.69) is 41.3 Å². The number of hydrogen-bond acceptors (Lipinski definition) is 5. The van der Waals surface area contributed by atoms with Crippen LogP contribution in [0.2, 0.25) is 0 Å². The first-order valence-corrected chi connectivity index (χ1v) is 10.1. The predicted octanol–water partition coefficient (Wildman–Crippen LogP) is 2.93. The van der Waals surface area contributed by atoms with E-state index in [1.54, 1.807) is 18.4 Å². The fourth-order valence-corrected chi connectivity index (χ4v) is 3.98. The second-order valence-corrected chi connectivity index (χ2v) is 7.83. The van der Waals surface area contributed by atoms with E-state index in [-0.39, 0.29) is 24.0 Å². The third-order valence-corrected chi connectivity index (χ3v) is 5.53. The van der Waals surface area contributed by atoms with E-state index in [9.17, 15) is 0 Å². The van der Waals surface area contributed by atoms with Crippen molar-refractivity contribution in [1.82, 2.24) is 20.5 Å². The first-order valence-electron chi connectivity index (χ1n) is 9.31. The number of rotatable bonds is 8. The summed E-state index contributed by atoms with van der Waals surface area (Å²) in [4.78, 5) is 13.0. The van der Waals surface area contributed by atoms with Crippen LogP contribution in [0.25, 0.3) is 0 Å². The van der Waals surface area contributed by atoms with Gasteiger partial charge >= 0.3 is 0 Å². The Bertz CT molecular complexity index is 544. The standard InChI is InChI=1S/C18H33N5OS.HI/c1-5-19-18(20-13-17-14(2)21-15(3)25-17)22-16-7-10-23(11-8-16)9-6-12-24-4;/h16H,5-13H2,1-4H3,(H2,19,20,22);1H. The van der Waals surface area contributed by atoms with Crippen LogP contribution in [0, 0.1) is 13.8 Å². The maximum atomic E-state index is 5.14. The summed E-state index contributed by atoms with van der Waals surface area (Å²) in [5.41, 5.74) is 1.10. The van der Waals surface area contributed by atoms with E-state index in [0.717, 1.165) is 68.7 Å². The highest BCUT2D eigenvalue weighted by molar-refractivity contribution is 14.0. The van der Waals surface area contributed by atoms with Crippen molar-refractivity contribution in [2.75, 3.05) is 39.9 Å². The highest BCUT2D eigenvalue weighted by Gasteiger charge is 2.19. The summed E-state index contributed by atoms with van der Waals surface area (Å²) in [6, 6.07) is 0.501. The molecular weight excluding hydrogens is 461 g/mol. The molecule has 0 unspecified atom stereocenters. The number of aromatic nitrogens is 1. The van der Waals surface area contributed by atoms with Gasteiger partial charge in [-0.2, -0.15) is 0 Å². The molecule has 0 spiro atoms. The number of halogens is 1. The van der Waals surface area contributed by atoms with Gasteiger partial charge in [0.05, 0.1) is 17.2 Å². The lowest BCUT2D eigenvalue weighted by molar-refractivity contribution is 0.155. The number of methoxy groups -OCH3 is 1. The van der Waals surface area contributed by atoms with Crippen LogP contribution in [0.5, 0.6) is 0 Å². The molecule has 6 nitrogen and oxygen atoms in total. The molecule has 0 aliphatic carbocycles. The lowest BCUT2D eigenvalue weighted by Crippen LogP contribution is -2.48. The molecule has 0 bridgehead atoms. The SMILES string of the molecule is CCNC(=NCc1sc(C)nc1C)NC1CCN(CCCOC)CC1.I. The number of piperidine rings is 1. The van der Waals surface area contributed by atoms with Crippen molar-refractivity contribution in [1.29, 1.82) is 0 Å². The Morgan fingerprint density at radius 1 is 1.35 bits per heavy atom. The number of nitrogens with one attached hydrogen (secondary N) is 2. The number of aliphatic imine (C=N–C) groups is 1. The molecule has 0 amide bonds. The monoisotopic (exact) mass is 495 g/mol. The number of nitrogens with zero attached hydrogens (tertiary/aromatic N) is 3. The maximum absolute atomic E-state index is 5.14. The average molecular weight is 495 g/mol. The molecule has 1 aromatic heterocycles. The van der Waals surface area contributed by atoms with Crippen LogP contribution in [-0.4, -0.2) is 61.8 Å². The third kappa shape index (κ3) is 8.06. The van der Waals surface area contributed by atoms with Crippen molar-refractivity contribution in [2.45, 2.75) is 52.6 Å². The van der Waals surface area contributed by atoms with E-state index < -0.39 is 0 Å². The number of guanidine groups is 1. The molecule has 0 saturated carbocycles. The van der Waals surface area contributed by atoms with E-state index in [1.807, 2.05) is 0 Å². The van der Waals surface area contributed by atoms with Crippen molar-refractivity contribution in [3.05, 3.63) is 15.6 Å². The zero-order valence-electron chi connectivity index (χ0n) is 16.5. The van der Waals surface area contributed by atoms with Gasteiger partial charge in [0, 0.05) is 50.8 Å². The molecule has 1 aromatic rings. The van der Waals surface area contributed by atoms with Crippen LogP contribution in [0.4, 0.5) is 0 Å². The fourth-order valence-electron chi connectivity index (χ4n) is 3.12. The van der Waals surface area contributed by atoms with Gasteiger partial charge in [0.1, 0.15) is 0 Å². The van der Waals surface area contributed by atoms with Crippen molar-refractivity contribution < 1.29 is 4.74 Å². The Morgan fingerprint density at radius 2 is 2.08 bits per heavy atom. The van der Waals surface area contributed by atoms with Gasteiger partial charge in [-0.1, -0.05) is 0 Å². The molecule has 0 radical (unpaired) electrons. The topological polar surface area (TPSA) is 61.8 Å². The van der Waals surface area contributed by atoms with Crippen molar-refractivity contribution >= 4 is 41.3 Å². The predicted molar refractivity (Wildman–Crippen MR) is 121 cm³/mol. The quantitative estimate of drug-likeness (QED) is 0.251.